The van der Waals surface area contributed by atoms with Crippen molar-refractivity contribution in [3.8, 4) is 0 Å². The number of aromatic nitrogens is 4. The number of carbonyl (C=O) groups is 1. The summed E-state index contributed by atoms with van der Waals surface area (Å²) >= 11 is 1.29. The number of thioether (sulfide) groups is 1. The first kappa shape index (κ1) is 21.6. The number of fused-ring (bicyclic) bond motifs is 1. The standard InChI is InChI=1S/C22H27N5O3S/c1-13-19(14(2)26(4)25-13)24-20(28)15(3)31-22-23-18-10-6-5-9-17(18)21(29)27(22)12-16-8-7-11-30-16/h5-6,9-10,15-16H,7-8,11-12H2,1-4H3,(H,24,28)/t15-,16-/m1/s1. The van der Waals surface area contributed by atoms with E-state index >= 15 is 0 Å². The van der Waals surface area contributed by atoms with Gasteiger partial charge in [-0.05, 0) is 45.7 Å². The van der Waals surface area contributed by atoms with Crippen molar-refractivity contribution in [1.82, 2.24) is 19.3 Å². The summed E-state index contributed by atoms with van der Waals surface area (Å²) in [5.41, 5.74) is 2.91. The van der Waals surface area contributed by atoms with Crippen molar-refractivity contribution in [2.75, 3.05) is 11.9 Å². The van der Waals surface area contributed by atoms with Crippen LogP contribution in [0.5, 0.6) is 0 Å². The molecular weight excluding hydrogens is 414 g/mol. The number of hydrogen-bond donors (Lipinski definition) is 1. The predicted molar refractivity (Wildman–Crippen MR) is 122 cm³/mol. The zero-order chi connectivity index (χ0) is 22.1. The number of hydrogen-bond acceptors (Lipinski definition) is 6. The van der Waals surface area contributed by atoms with Crippen molar-refractivity contribution < 1.29 is 9.53 Å². The zero-order valence-electron chi connectivity index (χ0n) is 18.2. The fourth-order valence-electron chi connectivity index (χ4n) is 3.78. The van der Waals surface area contributed by atoms with Crippen LogP contribution in [0.1, 0.15) is 31.2 Å². The second-order valence-electron chi connectivity index (χ2n) is 7.88. The van der Waals surface area contributed by atoms with Gasteiger partial charge >= 0.3 is 0 Å². The number of nitrogens with zero attached hydrogens (tertiary/aromatic N) is 4. The van der Waals surface area contributed by atoms with Gasteiger partial charge in [-0.15, -0.1) is 0 Å². The first-order valence-electron chi connectivity index (χ1n) is 10.4. The maximum atomic E-state index is 13.2. The molecule has 1 N–H and O–H groups in total. The fraction of sp³-hybridized carbons (Fsp3) is 0.455. The van der Waals surface area contributed by atoms with Gasteiger partial charge < -0.3 is 10.1 Å². The average Bonchev–Trinajstić information content (AvgIpc) is 3.34. The number of aryl methyl sites for hydroxylation is 2. The van der Waals surface area contributed by atoms with Crippen LogP contribution in [0.15, 0.2) is 34.2 Å². The number of amides is 1. The molecule has 0 spiro atoms. The molecule has 1 saturated heterocycles. The molecule has 4 rings (SSSR count). The third-order valence-corrected chi connectivity index (χ3v) is 6.74. The summed E-state index contributed by atoms with van der Waals surface area (Å²) in [6, 6.07) is 7.31. The number of rotatable bonds is 6. The van der Waals surface area contributed by atoms with Crippen molar-refractivity contribution in [3.63, 3.8) is 0 Å². The van der Waals surface area contributed by atoms with Crippen molar-refractivity contribution in [1.29, 1.82) is 0 Å². The Morgan fingerprint density at radius 3 is 2.81 bits per heavy atom. The summed E-state index contributed by atoms with van der Waals surface area (Å²) < 4.78 is 9.16. The van der Waals surface area contributed by atoms with E-state index in [0.717, 1.165) is 29.9 Å². The highest BCUT2D eigenvalue weighted by molar-refractivity contribution is 8.00. The lowest BCUT2D eigenvalue weighted by atomic mass is 10.2. The van der Waals surface area contributed by atoms with Gasteiger partial charge in [0.15, 0.2) is 5.16 Å². The maximum absolute atomic E-state index is 13.2. The van der Waals surface area contributed by atoms with E-state index in [1.165, 1.54) is 11.8 Å². The van der Waals surface area contributed by atoms with E-state index < -0.39 is 5.25 Å². The molecule has 3 heterocycles. The lowest BCUT2D eigenvalue weighted by Gasteiger charge is -2.18. The summed E-state index contributed by atoms with van der Waals surface area (Å²) in [7, 11) is 1.85. The van der Waals surface area contributed by atoms with Crippen LogP contribution in [-0.4, -0.2) is 43.2 Å². The lowest BCUT2D eigenvalue weighted by Crippen LogP contribution is -2.30. The topological polar surface area (TPSA) is 91.0 Å². The molecule has 0 radical (unpaired) electrons. The summed E-state index contributed by atoms with van der Waals surface area (Å²) in [6.45, 7) is 6.75. The average molecular weight is 442 g/mol. The first-order valence-corrected chi connectivity index (χ1v) is 11.3. The van der Waals surface area contributed by atoms with Gasteiger partial charge in [-0.2, -0.15) is 5.10 Å². The third kappa shape index (κ3) is 4.38. The minimum absolute atomic E-state index is 0.00941. The summed E-state index contributed by atoms with van der Waals surface area (Å²) in [5, 5.41) is 7.97. The molecule has 1 aliphatic heterocycles. The molecule has 1 fully saturated rings. The van der Waals surface area contributed by atoms with Crippen LogP contribution in [0, 0.1) is 13.8 Å². The number of para-hydroxylation sites is 1. The van der Waals surface area contributed by atoms with Gasteiger partial charge in [-0.25, -0.2) is 4.98 Å². The van der Waals surface area contributed by atoms with Crippen LogP contribution >= 0.6 is 11.8 Å². The predicted octanol–water partition coefficient (Wildman–Crippen LogP) is 3.05. The van der Waals surface area contributed by atoms with Gasteiger partial charge in [0.05, 0.1) is 45.9 Å². The quantitative estimate of drug-likeness (QED) is 0.467. The van der Waals surface area contributed by atoms with Crippen molar-refractivity contribution >= 4 is 34.3 Å². The van der Waals surface area contributed by atoms with Crippen LogP contribution in [0.25, 0.3) is 10.9 Å². The Balaban J connectivity index is 1.62. The summed E-state index contributed by atoms with van der Waals surface area (Å²) in [4.78, 5) is 30.9. The van der Waals surface area contributed by atoms with E-state index in [0.29, 0.717) is 29.2 Å². The van der Waals surface area contributed by atoms with Gasteiger partial charge in [-0.1, -0.05) is 23.9 Å². The highest BCUT2D eigenvalue weighted by Crippen LogP contribution is 2.26. The van der Waals surface area contributed by atoms with Gasteiger partial charge in [0.25, 0.3) is 5.56 Å². The molecule has 2 aromatic heterocycles. The highest BCUT2D eigenvalue weighted by Gasteiger charge is 2.24. The van der Waals surface area contributed by atoms with E-state index in [-0.39, 0.29) is 17.6 Å². The van der Waals surface area contributed by atoms with Crippen LogP contribution in [0.2, 0.25) is 0 Å². The third-order valence-electron chi connectivity index (χ3n) is 5.65. The Morgan fingerprint density at radius 2 is 2.13 bits per heavy atom. The van der Waals surface area contributed by atoms with Crippen LogP contribution in [-0.2, 0) is 23.1 Å². The molecule has 0 saturated carbocycles. The zero-order valence-corrected chi connectivity index (χ0v) is 19.0. The molecule has 0 aliphatic carbocycles. The molecule has 0 bridgehead atoms. The van der Waals surface area contributed by atoms with Crippen LogP contribution < -0.4 is 10.9 Å². The minimum atomic E-state index is -0.456. The molecule has 1 amide bonds. The van der Waals surface area contributed by atoms with Gasteiger partial charge in [-0.3, -0.25) is 18.8 Å². The molecule has 9 heteroatoms. The van der Waals surface area contributed by atoms with Crippen LogP contribution in [0.3, 0.4) is 0 Å². The van der Waals surface area contributed by atoms with E-state index in [1.54, 1.807) is 15.3 Å². The number of benzene rings is 1. The first-order chi connectivity index (χ1) is 14.8. The van der Waals surface area contributed by atoms with Gasteiger partial charge in [0.2, 0.25) is 5.91 Å². The Kier molecular flexibility index (Phi) is 6.15. The second kappa shape index (κ2) is 8.84. The highest BCUT2D eigenvalue weighted by atomic mass is 32.2. The lowest BCUT2D eigenvalue weighted by molar-refractivity contribution is -0.115. The fourth-order valence-corrected chi connectivity index (χ4v) is 4.70. The number of ether oxygens (including phenoxy) is 1. The van der Waals surface area contributed by atoms with Gasteiger partial charge in [0, 0.05) is 13.7 Å². The Morgan fingerprint density at radius 1 is 1.35 bits per heavy atom. The monoisotopic (exact) mass is 441 g/mol. The van der Waals surface area contributed by atoms with Crippen molar-refractivity contribution in [2.24, 2.45) is 7.05 Å². The molecule has 1 aliphatic rings. The molecule has 2 atom stereocenters. The smallest absolute Gasteiger partial charge is 0.262 e. The Bertz CT molecular complexity index is 1180. The normalized spacial score (nSPS) is 17.2. The minimum Gasteiger partial charge on any atom is -0.376 e. The second-order valence-corrected chi connectivity index (χ2v) is 9.19. The maximum Gasteiger partial charge on any atom is 0.262 e. The molecule has 1 aromatic carbocycles. The van der Waals surface area contributed by atoms with Gasteiger partial charge in [0.1, 0.15) is 0 Å². The SMILES string of the molecule is Cc1nn(C)c(C)c1NC(=O)[C@@H](C)Sc1nc2ccccc2c(=O)n1C[C@H]1CCCO1. The molecule has 8 nitrogen and oxygen atoms in total. The van der Waals surface area contributed by atoms with Crippen LogP contribution in [0.4, 0.5) is 5.69 Å². The largest absolute Gasteiger partial charge is 0.376 e. The van der Waals surface area contributed by atoms with E-state index in [2.05, 4.69) is 10.4 Å². The van der Waals surface area contributed by atoms with E-state index in [1.807, 2.05) is 46.0 Å². The number of nitrogens with one attached hydrogen (secondary N) is 1. The summed E-state index contributed by atoms with van der Waals surface area (Å²) in [6.07, 6.45) is 1.90. The number of anilines is 1. The number of carbonyl (C=O) groups excluding carboxylic acids is 1. The molecular formula is C22H27N5O3S. The Hall–Kier alpha value is -2.65. The molecule has 31 heavy (non-hydrogen) atoms. The van der Waals surface area contributed by atoms with Crippen molar-refractivity contribution in [3.05, 3.63) is 46.0 Å². The van der Waals surface area contributed by atoms with E-state index in [9.17, 15) is 9.59 Å². The molecule has 164 valence electrons. The van der Waals surface area contributed by atoms with E-state index in [4.69, 9.17) is 9.72 Å². The summed E-state index contributed by atoms with van der Waals surface area (Å²) in [5.74, 6) is -0.157. The van der Waals surface area contributed by atoms with Crippen molar-refractivity contribution in [2.45, 2.75) is 56.7 Å². The Labute approximate surface area is 185 Å². The molecule has 0 unspecified atom stereocenters. The molecule has 3 aromatic rings.